The van der Waals surface area contributed by atoms with Crippen molar-refractivity contribution < 1.29 is 22.8 Å². The average molecular weight is 547 g/mol. The number of nitrogens with zero attached hydrogens (tertiary/aromatic N) is 4. The molecule has 1 aliphatic rings. The lowest BCUT2D eigenvalue weighted by Gasteiger charge is -2.35. The predicted molar refractivity (Wildman–Crippen MR) is 147 cm³/mol. The van der Waals surface area contributed by atoms with Crippen LogP contribution in [0.2, 0.25) is 0 Å². The van der Waals surface area contributed by atoms with Gasteiger partial charge in [-0.05, 0) is 67.4 Å². The lowest BCUT2D eigenvalue weighted by atomic mass is 10.1. The number of alkyl halides is 3. The maximum Gasteiger partial charge on any atom is 0.416 e. The first kappa shape index (κ1) is 26.7. The standard InChI is InChI=1S/C29H25F3N6O2/c1-17-6-4-9-22(12-17)35-27-33-15-20-16-38(28(40)37(3)25(20)36-27)24-14-23(11-10-18(24)2)34-26(39)19-7-5-8-21(13-19)29(30,31)32/h4-15H,16H2,1-3H3,(H,34,39)(H,33,35,36). The molecule has 4 aromatic rings. The largest absolute Gasteiger partial charge is 0.416 e. The van der Waals surface area contributed by atoms with Crippen molar-refractivity contribution in [1.82, 2.24) is 9.97 Å². The van der Waals surface area contributed by atoms with Crippen LogP contribution < -0.4 is 20.4 Å². The molecule has 5 rings (SSSR count). The van der Waals surface area contributed by atoms with E-state index in [4.69, 9.17) is 0 Å². The van der Waals surface area contributed by atoms with Gasteiger partial charge in [-0.2, -0.15) is 18.2 Å². The summed E-state index contributed by atoms with van der Waals surface area (Å²) in [5.74, 6) is 0.126. The van der Waals surface area contributed by atoms with Crippen LogP contribution in [-0.2, 0) is 12.7 Å². The van der Waals surface area contributed by atoms with Crippen LogP contribution in [0.25, 0.3) is 0 Å². The highest BCUT2D eigenvalue weighted by molar-refractivity contribution is 6.07. The average Bonchev–Trinajstić information content (AvgIpc) is 2.92. The van der Waals surface area contributed by atoms with E-state index in [2.05, 4.69) is 20.6 Å². The molecule has 0 spiro atoms. The molecular formula is C29H25F3N6O2. The van der Waals surface area contributed by atoms with Crippen molar-refractivity contribution in [3.8, 4) is 0 Å². The molecule has 0 fully saturated rings. The Bertz CT molecular complexity index is 1620. The van der Waals surface area contributed by atoms with Gasteiger partial charge in [0, 0.05) is 35.7 Å². The number of hydrogen-bond donors (Lipinski definition) is 2. The third kappa shape index (κ3) is 5.44. The van der Waals surface area contributed by atoms with Gasteiger partial charge in [0.25, 0.3) is 5.91 Å². The van der Waals surface area contributed by atoms with Crippen molar-refractivity contribution in [2.24, 2.45) is 0 Å². The van der Waals surface area contributed by atoms with Gasteiger partial charge in [-0.25, -0.2) is 9.78 Å². The number of amides is 3. The van der Waals surface area contributed by atoms with Crippen molar-refractivity contribution in [1.29, 1.82) is 0 Å². The van der Waals surface area contributed by atoms with E-state index in [0.717, 1.165) is 34.5 Å². The van der Waals surface area contributed by atoms with Gasteiger partial charge in [0.15, 0.2) is 0 Å². The Morgan fingerprint density at radius 2 is 1.75 bits per heavy atom. The Hall–Kier alpha value is -4.93. The van der Waals surface area contributed by atoms with Crippen LogP contribution in [-0.4, -0.2) is 29.0 Å². The topological polar surface area (TPSA) is 90.5 Å². The minimum atomic E-state index is -4.56. The summed E-state index contributed by atoms with van der Waals surface area (Å²) in [6.45, 7) is 3.99. The molecule has 1 aliphatic heterocycles. The number of benzene rings is 3. The molecule has 3 aromatic carbocycles. The molecule has 8 nitrogen and oxygen atoms in total. The maximum atomic E-state index is 13.4. The van der Waals surface area contributed by atoms with E-state index < -0.39 is 17.6 Å². The number of fused-ring (bicyclic) bond motifs is 1. The molecule has 2 heterocycles. The number of aromatic nitrogens is 2. The Morgan fingerprint density at radius 1 is 0.975 bits per heavy atom. The Kier molecular flexibility index (Phi) is 6.88. The Morgan fingerprint density at radius 3 is 2.50 bits per heavy atom. The summed E-state index contributed by atoms with van der Waals surface area (Å²) >= 11 is 0. The number of hydrogen-bond acceptors (Lipinski definition) is 5. The van der Waals surface area contributed by atoms with Gasteiger partial charge in [-0.3, -0.25) is 14.6 Å². The Balaban J connectivity index is 1.38. The molecule has 0 unspecified atom stereocenters. The molecule has 11 heteroatoms. The van der Waals surface area contributed by atoms with Gasteiger partial charge in [-0.15, -0.1) is 0 Å². The fourth-order valence-corrected chi connectivity index (χ4v) is 4.43. The summed E-state index contributed by atoms with van der Waals surface area (Å²) in [6, 6.07) is 16.6. The van der Waals surface area contributed by atoms with Gasteiger partial charge in [0.2, 0.25) is 5.95 Å². The second-order valence-corrected chi connectivity index (χ2v) is 9.50. The molecule has 3 amide bonds. The molecule has 1 aromatic heterocycles. The van der Waals surface area contributed by atoms with Gasteiger partial charge in [-0.1, -0.05) is 24.3 Å². The molecule has 0 bridgehead atoms. The summed E-state index contributed by atoms with van der Waals surface area (Å²) < 4.78 is 39.3. The summed E-state index contributed by atoms with van der Waals surface area (Å²) in [4.78, 5) is 38.1. The molecule has 0 saturated heterocycles. The molecule has 40 heavy (non-hydrogen) atoms. The zero-order valence-corrected chi connectivity index (χ0v) is 21.9. The first-order valence-corrected chi connectivity index (χ1v) is 12.3. The van der Waals surface area contributed by atoms with E-state index in [9.17, 15) is 22.8 Å². The summed E-state index contributed by atoms with van der Waals surface area (Å²) in [7, 11) is 1.62. The highest BCUT2D eigenvalue weighted by atomic mass is 19.4. The van der Waals surface area contributed by atoms with E-state index >= 15 is 0 Å². The van der Waals surface area contributed by atoms with Crippen LogP contribution in [0.4, 0.5) is 46.8 Å². The van der Waals surface area contributed by atoms with E-state index in [0.29, 0.717) is 23.1 Å². The number of carbonyl (C=O) groups excluding carboxylic acids is 2. The fourth-order valence-electron chi connectivity index (χ4n) is 4.43. The highest BCUT2D eigenvalue weighted by Crippen LogP contribution is 2.34. The molecule has 0 aliphatic carbocycles. The van der Waals surface area contributed by atoms with Gasteiger partial charge in [0.1, 0.15) is 5.82 Å². The van der Waals surface area contributed by atoms with Crippen molar-refractivity contribution in [2.75, 3.05) is 27.5 Å². The van der Waals surface area contributed by atoms with Crippen LogP contribution in [0.15, 0.2) is 72.9 Å². The fraction of sp³-hybridized carbons (Fsp3) is 0.172. The number of anilines is 5. The second-order valence-electron chi connectivity index (χ2n) is 9.50. The zero-order valence-electron chi connectivity index (χ0n) is 21.9. The quantitative estimate of drug-likeness (QED) is 0.291. The molecular weight excluding hydrogens is 521 g/mol. The van der Waals surface area contributed by atoms with E-state index in [1.807, 2.05) is 38.1 Å². The van der Waals surface area contributed by atoms with Crippen LogP contribution in [0.3, 0.4) is 0 Å². The number of halogens is 3. The first-order valence-electron chi connectivity index (χ1n) is 12.3. The lowest BCUT2D eigenvalue weighted by molar-refractivity contribution is -0.137. The van der Waals surface area contributed by atoms with Crippen LogP contribution in [0.1, 0.15) is 32.6 Å². The molecule has 0 atom stereocenters. The summed E-state index contributed by atoms with van der Waals surface area (Å²) in [5, 5.41) is 5.79. The van der Waals surface area contributed by atoms with Crippen molar-refractivity contribution in [2.45, 2.75) is 26.6 Å². The highest BCUT2D eigenvalue weighted by Gasteiger charge is 2.32. The first-order chi connectivity index (χ1) is 19.0. The van der Waals surface area contributed by atoms with Gasteiger partial charge in [0.05, 0.1) is 17.8 Å². The Labute approximate surface area is 228 Å². The third-order valence-electron chi connectivity index (χ3n) is 6.49. The SMILES string of the molecule is Cc1cccc(Nc2ncc3c(n2)N(C)C(=O)N(c2cc(NC(=O)c4cccc(C(F)(F)F)c4)ccc2C)C3)c1. The monoisotopic (exact) mass is 546 g/mol. The number of aryl methyl sites for hydroxylation is 2. The lowest BCUT2D eigenvalue weighted by Crippen LogP contribution is -2.46. The second kappa shape index (κ2) is 10.3. The van der Waals surface area contributed by atoms with Crippen molar-refractivity contribution in [3.63, 3.8) is 0 Å². The van der Waals surface area contributed by atoms with Crippen LogP contribution in [0.5, 0.6) is 0 Å². The predicted octanol–water partition coefficient (Wildman–Crippen LogP) is 6.68. The smallest absolute Gasteiger partial charge is 0.324 e. The number of rotatable bonds is 5. The van der Waals surface area contributed by atoms with E-state index in [1.54, 1.807) is 31.4 Å². The molecule has 204 valence electrons. The number of carbonyl (C=O) groups is 2. The maximum absolute atomic E-state index is 13.4. The van der Waals surface area contributed by atoms with E-state index in [-0.39, 0.29) is 18.1 Å². The van der Waals surface area contributed by atoms with Crippen molar-refractivity contribution in [3.05, 3.63) is 101 Å². The van der Waals surface area contributed by atoms with Gasteiger partial charge < -0.3 is 10.6 Å². The third-order valence-corrected chi connectivity index (χ3v) is 6.49. The van der Waals surface area contributed by atoms with Gasteiger partial charge >= 0.3 is 12.2 Å². The molecule has 0 saturated carbocycles. The summed E-state index contributed by atoms with van der Waals surface area (Å²) in [5.41, 5.74) is 3.21. The zero-order chi connectivity index (χ0) is 28.6. The number of nitrogens with one attached hydrogen (secondary N) is 2. The normalized spacial score (nSPS) is 13.2. The van der Waals surface area contributed by atoms with Crippen LogP contribution in [0, 0.1) is 13.8 Å². The van der Waals surface area contributed by atoms with E-state index in [1.165, 1.54) is 21.9 Å². The van der Waals surface area contributed by atoms with Crippen LogP contribution >= 0.6 is 0 Å². The summed E-state index contributed by atoms with van der Waals surface area (Å²) in [6.07, 6.45) is -2.91. The molecule has 0 radical (unpaired) electrons. The minimum Gasteiger partial charge on any atom is -0.324 e. The van der Waals surface area contributed by atoms with Crippen molar-refractivity contribution >= 4 is 40.8 Å². The molecule has 2 N–H and O–H groups in total. The number of urea groups is 1. The minimum absolute atomic E-state index is 0.133.